The minimum atomic E-state index is -0.542. The molecule has 3 aromatic rings. The number of ether oxygens (including phenoxy) is 2. The van der Waals surface area contributed by atoms with Crippen LogP contribution in [0.15, 0.2) is 87.5 Å². The van der Waals surface area contributed by atoms with E-state index in [1.54, 1.807) is 0 Å². The first-order chi connectivity index (χ1) is 16.5. The number of rotatable bonds is 7. The van der Waals surface area contributed by atoms with Crippen LogP contribution in [0.4, 0.5) is 4.79 Å². The third-order valence-electron chi connectivity index (χ3n) is 6.91. The third-order valence-corrected chi connectivity index (χ3v) is 9.10. The molecule has 178 valence electrons. The Morgan fingerprint density at radius 3 is 1.85 bits per heavy atom. The van der Waals surface area contributed by atoms with Crippen LogP contribution in [0.5, 0.6) is 0 Å². The molecule has 0 heterocycles. The molecule has 0 spiro atoms. The Labute approximate surface area is 206 Å². The quantitative estimate of drug-likeness (QED) is 0.255. The van der Waals surface area contributed by atoms with Crippen molar-refractivity contribution in [3.05, 3.63) is 89.5 Å². The fourth-order valence-electron chi connectivity index (χ4n) is 4.88. The first-order valence-corrected chi connectivity index (χ1v) is 13.5. The van der Waals surface area contributed by atoms with E-state index in [4.69, 9.17) is 9.47 Å². The second-order valence-electron chi connectivity index (χ2n) is 9.21. The Kier molecular flexibility index (Phi) is 7.99. The summed E-state index contributed by atoms with van der Waals surface area (Å²) in [5.41, 5.74) is 2.98. The number of benzene rings is 3. The van der Waals surface area contributed by atoms with Crippen LogP contribution in [0.3, 0.4) is 0 Å². The smallest absolute Gasteiger partial charge is 0.429 e. The van der Waals surface area contributed by atoms with Gasteiger partial charge in [0.15, 0.2) is 14.7 Å². The minimum Gasteiger partial charge on any atom is -0.429 e. The van der Waals surface area contributed by atoms with E-state index in [0.717, 1.165) is 48.8 Å². The molecule has 0 aliphatic heterocycles. The van der Waals surface area contributed by atoms with Crippen molar-refractivity contribution in [3.8, 4) is 0 Å². The average Bonchev–Trinajstić information content (AvgIpc) is 2.85. The average molecular weight is 476 g/mol. The molecular weight excluding hydrogens is 440 g/mol. The predicted molar refractivity (Wildman–Crippen MR) is 138 cm³/mol. The van der Waals surface area contributed by atoms with Gasteiger partial charge in [0, 0.05) is 0 Å². The van der Waals surface area contributed by atoms with Gasteiger partial charge in [-0.05, 0) is 99.0 Å². The lowest BCUT2D eigenvalue weighted by molar-refractivity contribution is -0.0594. The molecule has 4 heteroatoms. The summed E-state index contributed by atoms with van der Waals surface area (Å²) in [7, 11) is -0.201. The Balaban J connectivity index is 1.53. The van der Waals surface area contributed by atoms with Gasteiger partial charge in [0.05, 0.1) is 10.9 Å². The van der Waals surface area contributed by atoms with Gasteiger partial charge in [0.2, 0.25) is 0 Å². The van der Waals surface area contributed by atoms with Gasteiger partial charge in [0.25, 0.3) is 0 Å². The number of hydrogen-bond donors (Lipinski definition) is 0. The summed E-state index contributed by atoms with van der Waals surface area (Å²) in [5.74, 6) is 0. The van der Waals surface area contributed by atoms with Crippen LogP contribution in [0.1, 0.15) is 62.1 Å². The largest absolute Gasteiger partial charge is 0.509 e. The highest BCUT2D eigenvalue weighted by Crippen LogP contribution is 2.36. The molecule has 0 unspecified atom stereocenters. The molecule has 0 radical (unpaired) electrons. The highest BCUT2D eigenvalue weighted by Gasteiger charge is 2.35. The van der Waals surface area contributed by atoms with E-state index in [1.165, 1.54) is 21.1 Å². The molecule has 0 amide bonds. The van der Waals surface area contributed by atoms with Crippen LogP contribution in [0, 0.1) is 13.8 Å². The summed E-state index contributed by atoms with van der Waals surface area (Å²) in [6.07, 6.45) is 5.63. The standard InChI is InChI=1S/C30H35O3S/c1-4-30(18-12-7-13-19-30)33-29(31)32-22-28-23(2)20-27(21-24(28)3)34(25-14-8-5-9-15-25)26-16-10-6-11-17-26/h5-6,8-11,14-17,20-21H,4,7,12-13,18-19,22H2,1-3H3/q+1. The van der Waals surface area contributed by atoms with Crippen molar-refractivity contribution in [3.63, 3.8) is 0 Å². The molecule has 0 aromatic heterocycles. The second-order valence-corrected chi connectivity index (χ2v) is 11.2. The van der Waals surface area contributed by atoms with Gasteiger partial charge in [-0.25, -0.2) is 4.79 Å². The molecule has 3 aromatic carbocycles. The van der Waals surface area contributed by atoms with E-state index in [2.05, 4.69) is 93.6 Å². The summed E-state index contributed by atoms with van der Waals surface area (Å²) >= 11 is 0. The highest BCUT2D eigenvalue weighted by molar-refractivity contribution is 7.97. The van der Waals surface area contributed by atoms with E-state index >= 15 is 0 Å². The van der Waals surface area contributed by atoms with Crippen LogP contribution in [0.25, 0.3) is 0 Å². The van der Waals surface area contributed by atoms with Crippen molar-refractivity contribution in [2.75, 3.05) is 0 Å². The molecule has 4 rings (SSSR count). The van der Waals surface area contributed by atoms with Crippen molar-refractivity contribution in [2.45, 2.75) is 86.2 Å². The molecule has 0 atom stereocenters. The summed E-state index contributed by atoms with van der Waals surface area (Å²) in [5, 5.41) is 0. The molecule has 1 fully saturated rings. The Bertz CT molecular complexity index is 1030. The van der Waals surface area contributed by atoms with Crippen molar-refractivity contribution < 1.29 is 14.3 Å². The normalized spacial score (nSPS) is 15.2. The number of aryl methyl sites for hydroxylation is 2. The van der Waals surface area contributed by atoms with Crippen molar-refractivity contribution >= 4 is 17.1 Å². The van der Waals surface area contributed by atoms with E-state index in [0.29, 0.717) is 0 Å². The van der Waals surface area contributed by atoms with Gasteiger partial charge in [-0.15, -0.1) is 0 Å². The summed E-state index contributed by atoms with van der Waals surface area (Å²) < 4.78 is 11.5. The zero-order chi connectivity index (χ0) is 24.0. The lowest BCUT2D eigenvalue weighted by atomic mass is 9.83. The van der Waals surface area contributed by atoms with Crippen LogP contribution >= 0.6 is 0 Å². The Morgan fingerprint density at radius 1 is 0.824 bits per heavy atom. The SMILES string of the molecule is CCC1(OC(=O)OCc2c(C)cc([S+](c3ccccc3)c3ccccc3)cc2C)CCCCC1. The monoisotopic (exact) mass is 475 g/mol. The summed E-state index contributed by atoms with van der Waals surface area (Å²) in [6.45, 7) is 6.54. The van der Waals surface area contributed by atoms with Gasteiger partial charge in [-0.2, -0.15) is 0 Å². The number of hydrogen-bond acceptors (Lipinski definition) is 3. The Hall–Kier alpha value is -2.72. The molecule has 34 heavy (non-hydrogen) atoms. The van der Waals surface area contributed by atoms with Gasteiger partial charge in [0.1, 0.15) is 12.2 Å². The van der Waals surface area contributed by atoms with Crippen molar-refractivity contribution in [1.82, 2.24) is 0 Å². The maximum absolute atomic E-state index is 12.6. The molecule has 0 bridgehead atoms. The maximum atomic E-state index is 12.6. The molecule has 1 aliphatic carbocycles. The highest BCUT2D eigenvalue weighted by atomic mass is 32.2. The van der Waals surface area contributed by atoms with Crippen LogP contribution in [-0.2, 0) is 27.0 Å². The summed E-state index contributed by atoms with van der Waals surface area (Å²) in [4.78, 5) is 16.4. The minimum absolute atomic E-state index is 0.201. The van der Waals surface area contributed by atoms with Gasteiger partial charge in [-0.1, -0.05) is 49.7 Å². The maximum Gasteiger partial charge on any atom is 0.509 e. The van der Waals surface area contributed by atoms with Crippen LogP contribution < -0.4 is 0 Å². The van der Waals surface area contributed by atoms with Crippen LogP contribution in [-0.4, -0.2) is 11.8 Å². The van der Waals surface area contributed by atoms with Gasteiger partial charge < -0.3 is 9.47 Å². The lowest BCUT2D eigenvalue weighted by Crippen LogP contribution is -2.36. The molecule has 0 saturated heterocycles. The molecule has 1 aliphatic rings. The summed E-state index contributed by atoms with van der Waals surface area (Å²) in [6, 6.07) is 25.8. The van der Waals surface area contributed by atoms with E-state index in [-0.39, 0.29) is 23.1 Å². The fraction of sp³-hybridized carbons (Fsp3) is 0.367. The number of carbonyl (C=O) groups excluding carboxylic acids is 1. The van der Waals surface area contributed by atoms with Crippen molar-refractivity contribution in [1.29, 1.82) is 0 Å². The van der Waals surface area contributed by atoms with Crippen LogP contribution in [0.2, 0.25) is 0 Å². The van der Waals surface area contributed by atoms with E-state index in [1.807, 2.05) is 0 Å². The van der Waals surface area contributed by atoms with Gasteiger partial charge in [-0.3, -0.25) is 0 Å². The predicted octanol–water partition coefficient (Wildman–Crippen LogP) is 8.16. The zero-order valence-corrected chi connectivity index (χ0v) is 21.3. The third kappa shape index (κ3) is 5.67. The van der Waals surface area contributed by atoms with E-state index < -0.39 is 6.16 Å². The second kappa shape index (κ2) is 11.1. The first kappa shape index (κ1) is 24.4. The van der Waals surface area contributed by atoms with E-state index in [9.17, 15) is 4.79 Å². The molecule has 1 saturated carbocycles. The molecule has 3 nitrogen and oxygen atoms in total. The molecular formula is C30H35O3S+. The number of carbonyl (C=O) groups is 1. The fourth-order valence-corrected chi connectivity index (χ4v) is 7.15. The van der Waals surface area contributed by atoms with Crippen molar-refractivity contribution in [2.24, 2.45) is 0 Å². The molecule has 0 N–H and O–H groups in total. The topological polar surface area (TPSA) is 35.5 Å². The lowest BCUT2D eigenvalue weighted by Gasteiger charge is -2.35. The first-order valence-electron chi connectivity index (χ1n) is 12.3. The zero-order valence-electron chi connectivity index (χ0n) is 20.5. The van der Waals surface area contributed by atoms with Gasteiger partial charge >= 0.3 is 6.16 Å². The Morgan fingerprint density at radius 2 is 1.35 bits per heavy atom.